The second kappa shape index (κ2) is 12.0. The summed E-state index contributed by atoms with van der Waals surface area (Å²) in [6.07, 6.45) is 7.61. The molecule has 9 heteroatoms. The fraction of sp³-hybridized carbons (Fsp3) is 0.222. The van der Waals surface area contributed by atoms with Crippen molar-refractivity contribution in [1.82, 2.24) is 0 Å². The van der Waals surface area contributed by atoms with Gasteiger partial charge in [-0.15, -0.1) is 11.3 Å². The number of aryl methyl sites for hydroxylation is 1. The van der Waals surface area contributed by atoms with E-state index < -0.39 is 0 Å². The van der Waals surface area contributed by atoms with Gasteiger partial charge in [-0.3, -0.25) is 14.4 Å². The molecule has 7 rings (SSSR count). The standard InChI is InChI=1S/C36H30N2O4S3/c1-3-5-17-37-23-11-7-9-13-25(23)44-29(37)19-21-33(39)31(34(21)40)27-15-16-28(43-27)32-35(41)22(36(32)42)20-30-38(18-6-4-2)24-12-8-10-14-26(24)45-30/h7-16,19-20H,3-6,17-18H2,1-2H3/p+1. The number of Topliss-reactive ketones (excluding diaryl/α,β-unsaturated/α-hetero) is 1. The maximum atomic E-state index is 13.3. The molecule has 0 saturated heterocycles. The molecule has 3 heterocycles. The summed E-state index contributed by atoms with van der Waals surface area (Å²) in [5, 5.41) is 13.1. The van der Waals surface area contributed by atoms with Crippen molar-refractivity contribution in [3.05, 3.63) is 128 Å². The SMILES string of the molecule is CCCCN1C(=CC2=C(O)C(=c3ccc(=c4c(=O)c(=Cc5sc6ccccc6[n+]5CCCC)c4=O)s3)C2=O)Sc2ccccc21. The van der Waals surface area contributed by atoms with E-state index in [9.17, 15) is 19.5 Å². The number of carbonyl (C=O) groups excluding carboxylic acids is 1. The monoisotopic (exact) mass is 651 g/mol. The van der Waals surface area contributed by atoms with E-state index in [0.29, 0.717) is 9.06 Å². The number of nitrogens with zero attached hydrogens (tertiary/aromatic N) is 2. The zero-order chi connectivity index (χ0) is 31.2. The average Bonchev–Trinajstić information content (AvgIpc) is 3.76. The number of aliphatic hydroxyl groups excluding tert-OH is 1. The van der Waals surface area contributed by atoms with Crippen LogP contribution < -0.4 is 30.1 Å². The largest absolute Gasteiger partial charge is 0.506 e. The predicted molar refractivity (Wildman–Crippen MR) is 184 cm³/mol. The van der Waals surface area contributed by atoms with Gasteiger partial charge in [-0.1, -0.05) is 74.1 Å². The number of para-hydroxylation sites is 2. The number of thiazole rings is 1. The molecule has 0 atom stereocenters. The smallest absolute Gasteiger partial charge is 0.263 e. The molecular weight excluding hydrogens is 621 g/mol. The van der Waals surface area contributed by atoms with E-state index >= 15 is 0 Å². The number of aliphatic hydroxyl groups is 1. The van der Waals surface area contributed by atoms with Crippen LogP contribution in [0.5, 0.6) is 0 Å². The van der Waals surface area contributed by atoms with Gasteiger partial charge in [0.25, 0.3) is 5.01 Å². The molecule has 2 aromatic heterocycles. The highest BCUT2D eigenvalue weighted by atomic mass is 32.2. The number of hydrogen-bond acceptors (Lipinski definition) is 8. The lowest BCUT2D eigenvalue weighted by atomic mass is 9.88. The van der Waals surface area contributed by atoms with Crippen LogP contribution in [0.4, 0.5) is 5.69 Å². The van der Waals surface area contributed by atoms with Crippen molar-refractivity contribution < 1.29 is 14.5 Å². The van der Waals surface area contributed by atoms with Crippen LogP contribution in [-0.4, -0.2) is 17.4 Å². The van der Waals surface area contributed by atoms with Gasteiger partial charge in [0, 0.05) is 39.1 Å². The number of hydrogen-bond donors (Lipinski definition) is 1. The second-order valence-corrected chi connectivity index (χ2v) is 14.4. The summed E-state index contributed by atoms with van der Waals surface area (Å²) in [5.74, 6) is -0.287. The Morgan fingerprint density at radius 2 is 1.58 bits per heavy atom. The zero-order valence-electron chi connectivity index (χ0n) is 25.0. The number of allylic oxidation sites excluding steroid dienone is 3. The van der Waals surface area contributed by atoms with E-state index in [1.807, 2.05) is 24.3 Å². The van der Waals surface area contributed by atoms with Crippen LogP contribution in [0.1, 0.15) is 44.5 Å². The Hall–Kier alpha value is -4.05. The lowest BCUT2D eigenvalue weighted by Crippen LogP contribution is -2.50. The van der Waals surface area contributed by atoms with Crippen LogP contribution >= 0.6 is 34.4 Å². The molecule has 0 spiro atoms. The maximum absolute atomic E-state index is 13.3. The van der Waals surface area contributed by atoms with E-state index in [-0.39, 0.29) is 44.0 Å². The average molecular weight is 652 g/mol. The zero-order valence-corrected chi connectivity index (χ0v) is 27.4. The Kier molecular flexibility index (Phi) is 7.93. The third-order valence-electron chi connectivity index (χ3n) is 8.29. The highest BCUT2D eigenvalue weighted by molar-refractivity contribution is 8.03. The summed E-state index contributed by atoms with van der Waals surface area (Å²) in [6, 6.07) is 19.7. The van der Waals surface area contributed by atoms with Crippen LogP contribution in [0, 0.1) is 9.75 Å². The number of anilines is 1. The van der Waals surface area contributed by atoms with Gasteiger partial charge in [0.1, 0.15) is 10.5 Å². The normalized spacial score (nSPS) is 16.7. The highest BCUT2D eigenvalue weighted by Gasteiger charge is 2.35. The van der Waals surface area contributed by atoms with E-state index in [2.05, 4.69) is 47.6 Å². The fourth-order valence-electron chi connectivity index (χ4n) is 5.82. The van der Waals surface area contributed by atoms with Gasteiger partial charge in [-0.2, -0.15) is 4.57 Å². The summed E-state index contributed by atoms with van der Waals surface area (Å²) < 4.78 is 4.36. The van der Waals surface area contributed by atoms with Gasteiger partial charge < -0.3 is 10.0 Å². The van der Waals surface area contributed by atoms with Gasteiger partial charge in [-0.05, 0) is 42.8 Å². The number of benzene rings is 2. The molecule has 1 N–H and O–H groups in total. The van der Waals surface area contributed by atoms with Crippen LogP contribution in [-0.2, 0) is 11.3 Å². The minimum Gasteiger partial charge on any atom is -0.506 e. The van der Waals surface area contributed by atoms with Crippen LogP contribution in [0.3, 0.4) is 0 Å². The third kappa shape index (κ3) is 5.03. The van der Waals surface area contributed by atoms with E-state index in [1.165, 1.54) is 11.3 Å². The molecule has 5 aromatic rings. The summed E-state index contributed by atoms with van der Waals surface area (Å²) in [7, 11) is 0. The maximum Gasteiger partial charge on any atom is 0.263 e. The Morgan fingerprint density at radius 1 is 0.844 bits per heavy atom. The molecule has 0 saturated carbocycles. The first-order valence-corrected chi connectivity index (χ1v) is 17.7. The Bertz CT molecular complexity index is 2340. The molecule has 0 fully saturated rings. The summed E-state index contributed by atoms with van der Waals surface area (Å²) in [4.78, 5) is 43.2. The highest BCUT2D eigenvalue weighted by Crippen LogP contribution is 2.47. The minimum atomic E-state index is -0.284. The number of unbranched alkanes of at least 4 members (excludes halogenated alkanes) is 2. The van der Waals surface area contributed by atoms with Gasteiger partial charge in [0.15, 0.2) is 6.54 Å². The van der Waals surface area contributed by atoms with Crippen molar-refractivity contribution in [1.29, 1.82) is 0 Å². The van der Waals surface area contributed by atoms with E-state index in [4.69, 9.17) is 0 Å². The number of carbonyl (C=O) groups is 1. The van der Waals surface area contributed by atoms with Crippen molar-refractivity contribution in [2.75, 3.05) is 11.4 Å². The van der Waals surface area contributed by atoms with Crippen LogP contribution in [0.15, 0.2) is 97.6 Å². The van der Waals surface area contributed by atoms with E-state index in [1.54, 1.807) is 47.4 Å². The van der Waals surface area contributed by atoms with Crippen molar-refractivity contribution in [3.8, 4) is 0 Å². The predicted octanol–water partition coefficient (Wildman–Crippen LogP) is 5.56. The van der Waals surface area contributed by atoms with Crippen molar-refractivity contribution in [3.63, 3.8) is 0 Å². The molecule has 0 bridgehead atoms. The lowest BCUT2D eigenvalue weighted by molar-refractivity contribution is -0.669. The molecule has 6 nitrogen and oxygen atoms in total. The molecule has 2 aliphatic rings. The molecule has 45 heavy (non-hydrogen) atoms. The summed E-state index contributed by atoms with van der Waals surface area (Å²) in [6.45, 7) is 5.94. The van der Waals surface area contributed by atoms with Gasteiger partial charge in [0.2, 0.25) is 22.2 Å². The quantitative estimate of drug-likeness (QED) is 0.222. The van der Waals surface area contributed by atoms with Gasteiger partial charge in [-0.25, -0.2) is 0 Å². The van der Waals surface area contributed by atoms with Crippen molar-refractivity contribution in [2.24, 2.45) is 0 Å². The number of aromatic nitrogens is 1. The number of fused-ring (bicyclic) bond motifs is 2. The molecule has 0 unspecified atom stereocenters. The van der Waals surface area contributed by atoms with E-state index in [0.717, 1.165) is 69.6 Å². The molecule has 3 aromatic carbocycles. The van der Waals surface area contributed by atoms with Crippen molar-refractivity contribution >= 4 is 67.8 Å². The summed E-state index contributed by atoms with van der Waals surface area (Å²) in [5.41, 5.74) is 2.16. The van der Waals surface area contributed by atoms with Crippen molar-refractivity contribution in [2.45, 2.75) is 51.0 Å². The molecule has 0 radical (unpaired) electrons. The topological polar surface area (TPSA) is 78.6 Å². The number of thioether (sulfide) groups is 1. The van der Waals surface area contributed by atoms with Gasteiger partial charge in [0.05, 0.1) is 32.3 Å². The number of thiophene rings is 1. The number of rotatable bonds is 8. The molecule has 0 amide bonds. The minimum absolute atomic E-state index is 0.0499. The van der Waals surface area contributed by atoms with Crippen LogP contribution in [0.2, 0.25) is 0 Å². The lowest BCUT2D eigenvalue weighted by Gasteiger charge is -2.23. The Labute approximate surface area is 271 Å². The fourth-order valence-corrected chi connectivity index (χ4v) is 9.17. The third-order valence-corrected chi connectivity index (χ3v) is 11.6. The Balaban J connectivity index is 1.26. The first-order chi connectivity index (χ1) is 21.9. The molecule has 1 aliphatic heterocycles. The van der Waals surface area contributed by atoms with Crippen LogP contribution in [0.25, 0.3) is 21.9 Å². The summed E-state index contributed by atoms with van der Waals surface area (Å²) >= 11 is 4.36. The first-order valence-electron chi connectivity index (χ1n) is 15.2. The number of ketones is 1. The Morgan fingerprint density at radius 3 is 2.36 bits per heavy atom. The molecular formula is C36H31N2O4S3+. The molecule has 226 valence electrons. The van der Waals surface area contributed by atoms with Gasteiger partial charge >= 0.3 is 0 Å². The first kappa shape index (κ1) is 29.6. The second-order valence-electron chi connectivity index (χ2n) is 11.2. The molecule has 1 aliphatic carbocycles.